The van der Waals surface area contributed by atoms with Crippen LogP contribution in [0.15, 0.2) is 0 Å². The summed E-state index contributed by atoms with van der Waals surface area (Å²) in [7, 11) is -3.11. The molecule has 0 aromatic heterocycles. The van der Waals surface area contributed by atoms with Crippen LogP contribution < -0.4 is 5.32 Å². The van der Waals surface area contributed by atoms with Gasteiger partial charge in [-0.3, -0.25) is 4.79 Å². The van der Waals surface area contributed by atoms with E-state index in [-0.39, 0.29) is 24.1 Å². The Hall–Kier alpha value is -0.580. The lowest BCUT2D eigenvalue weighted by molar-refractivity contribution is -0.122. The zero-order chi connectivity index (χ0) is 11.7. The Balaban J connectivity index is 2.33. The summed E-state index contributed by atoms with van der Waals surface area (Å²) < 4.78 is 22.6. The third-order valence-electron chi connectivity index (χ3n) is 2.55. The topological polar surface area (TPSA) is 63.2 Å². The molecule has 0 heterocycles. The lowest BCUT2D eigenvalue weighted by Crippen LogP contribution is -2.36. The lowest BCUT2D eigenvalue weighted by Gasteiger charge is -2.19. The maximum absolute atomic E-state index is 11.7. The number of sulfone groups is 1. The van der Waals surface area contributed by atoms with Crippen molar-refractivity contribution in [2.45, 2.75) is 38.4 Å². The summed E-state index contributed by atoms with van der Waals surface area (Å²) in [4.78, 5) is 11.2. The van der Waals surface area contributed by atoms with E-state index in [1.807, 2.05) is 0 Å². The summed E-state index contributed by atoms with van der Waals surface area (Å²) in [6, 6.07) is 0. The van der Waals surface area contributed by atoms with Gasteiger partial charge in [-0.2, -0.15) is 0 Å². The van der Waals surface area contributed by atoms with E-state index in [9.17, 15) is 13.2 Å². The Bertz CT molecular complexity index is 336. The summed E-state index contributed by atoms with van der Waals surface area (Å²) >= 11 is 0. The van der Waals surface area contributed by atoms with Crippen LogP contribution in [-0.2, 0) is 14.6 Å². The van der Waals surface area contributed by atoms with Crippen LogP contribution in [0.3, 0.4) is 0 Å². The molecule has 0 aromatic carbocycles. The SMILES string of the molecule is CC(C)(C)S(=O)(=O)CCNC(=O)C1CC1. The molecule has 1 aliphatic carbocycles. The highest BCUT2D eigenvalue weighted by Gasteiger charge is 2.31. The van der Waals surface area contributed by atoms with E-state index in [4.69, 9.17) is 0 Å². The summed E-state index contributed by atoms with van der Waals surface area (Å²) in [5.41, 5.74) is 0. The molecule has 1 rings (SSSR count). The average molecular weight is 233 g/mol. The van der Waals surface area contributed by atoms with Crippen molar-refractivity contribution in [1.82, 2.24) is 5.32 Å². The highest BCUT2D eigenvalue weighted by atomic mass is 32.2. The molecule has 5 heteroatoms. The van der Waals surface area contributed by atoms with Crippen molar-refractivity contribution in [3.63, 3.8) is 0 Å². The molecule has 0 saturated heterocycles. The second-order valence-electron chi connectivity index (χ2n) is 5.00. The molecule has 1 aliphatic rings. The van der Waals surface area contributed by atoms with Crippen molar-refractivity contribution in [1.29, 1.82) is 0 Å². The third kappa shape index (κ3) is 3.48. The van der Waals surface area contributed by atoms with Gasteiger partial charge in [0.25, 0.3) is 0 Å². The van der Waals surface area contributed by atoms with E-state index >= 15 is 0 Å². The zero-order valence-corrected chi connectivity index (χ0v) is 10.4. The molecule has 0 unspecified atom stereocenters. The van der Waals surface area contributed by atoms with Gasteiger partial charge in [0.15, 0.2) is 9.84 Å². The first-order chi connectivity index (χ1) is 6.74. The van der Waals surface area contributed by atoms with E-state index in [0.29, 0.717) is 0 Å². The second-order valence-corrected chi connectivity index (χ2v) is 7.86. The minimum absolute atomic E-state index is 0.000825. The van der Waals surface area contributed by atoms with Gasteiger partial charge >= 0.3 is 0 Å². The van der Waals surface area contributed by atoms with E-state index < -0.39 is 14.6 Å². The van der Waals surface area contributed by atoms with Gasteiger partial charge in [-0.05, 0) is 33.6 Å². The van der Waals surface area contributed by atoms with Crippen LogP contribution in [0.4, 0.5) is 0 Å². The molecule has 0 atom stereocenters. The zero-order valence-electron chi connectivity index (χ0n) is 9.54. The summed E-state index contributed by atoms with van der Waals surface area (Å²) in [6.07, 6.45) is 1.88. The fourth-order valence-corrected chi connectivity index (χ4v) is 2.09. The largest absolute Gasteiger partial charge is 0.355 e. The average Bonchev–Trinajstić information content (AvgIpc) is 2.83. The highest BCUT2D eigenvalue weighted by Crippen LogP contribution is 2.28. The Kier molecular flexibility index (Phi) is 3.43. The second kappa shape index (κ2) is 4.12. The maximum atomic E-state index is 11.7. The number of hydrogen-bond donors (Lipinski definition) is 1. The Morgan fingerprint density at radius 3 is 2.27 bits per heavy atom. The number of amides is 1. The van der Waals surface area contributed by atoms with Crippen LogP contribution >= 0.6 is 0 Å². The van der Waals surface area contributed by atoms with Gasteiger partial charge in [0.05, 0.1) is 10.5 Å². The van der Waals surface area contributed by atoms with Gasteiger partial charge in [-0.15, -0.1) is 0 Å². The minimum atomic E-state index is -3.11. The molecule has 15 heavy (non-hydrogen) atoms. The van der Waals surface area contributed by atoms with Crippen molar-refractivity contribution >= 4 is 15.7 Å². The molecule has 0 bridgehead atoms. The first-order valence-electron chi connectivity index (χ1n) is 5.24. The number of rotatable bonds is 4. The van der Waals surface area contributed by atoms with Crippen molar-refractivity contribution in [3.8, 4) is 0 Å². The van der Waals surface area contributed by atoms with Crippen LogP contribution in [-0.4, -0.2) is 31.4 Å². The quantitative estimate of drug-likeness (QED) is 0.778. The number of hydrogen-bond acceptors (Lipinski definition) is 3. The predicted molar refractivity (Wildman–Crippen MR) is 59.3 cm³/mol. The molecule has 0 radical (unpaired) electrons. The monoisotopic (exact) mass is 233 g/mol. The van der Waals surface area contributed by atoms with Gasteiger partial charge in [0.2, 0.25) is 5.91 Å². The predicted octanol–water partition coefficient (Wildman–Crippen LogP) is 0.726. The summed E-state index contributed by atoms with van der Waals surface area (Å²) in [6.45, 7) is 5.25. The highest BCUT2D eigenvalue weighted by molar-refractivity contribution is 7.92. The molecular weight excluding hydrogens is 214 g/mol. The van der Waals surface area contributed by atoms with Gasteiger partial charge < -0.3 is 5.32 Å². The normalized spacial score (nSPS) is 17.5. The van der Waals surface area contributed by atoms with Gasteiger partial charge in [0, 0.05) is 12.5 Å². The van der Waals surface area contributed by atoms with Gasteiger partial charge in [-0.1, -0.05) is 0 Å². The van der Waals surface area contributed by atoms with Gasteiger partial charge in [-0.25, -0.2) is 8.42 Å². The fourth-order valence-electron chi connectivity index (χ4n) is 1.10. The Labute approximate surface area is 91.4 Å². The van der Waals surface area contributed by atoms with Crippen molar-refractivity contribution in [3.05, 3.63) is 0 Å². The maximum Gasteiger partial charge on any atom is 0.223 e. The smallest absolute Gasteiger partial charge is 0.223 e. The lowest BCUT2D eigenvalue weighted by atomic mass is 10.3. The number of carbonyl (C=O) groups excluding carboxylic acids is 1. The van der Waals surface area contributed by atoms with Gasteiger partial charge in [0.1, 0.15) is 0 Å². The molecule has 0 aliphatic heterocycles. The standard InChI is InChI=1S/C10H19NO3S/c1-10(2,3)15(13,14)7-6-11-9(12)8-4-5-8/h8H,4-7H2,1-3H3,(H,11,12). The first-order valence-corrected chi connectivity index (χ1v) is 6.89. The van der Waals surface area contributed by atoms with Crippen molar-refractivity contribution in [2.24, 2.45) is 5.92 Å². The number of nitrogens with one attached hydrogen (secondary N) is 1. The molecule has 88 valence electrons. The molecule has 1 N–H and O–H groups in total. The van der Waals surface area contributed by atoms with Crippen molar-refractivity contribution < 1.29 is 13.2 Å². The Morgan fingerprint density at radius 1 is 1.33 bits per heavy atom. The van der Waals surface area contributed by atoms with Crippen LogP contribution in [0.2, 0.25) is 0 Å². The van der Waals surface area contributed by atoms with E-state index in [2.05, 4.69) is 5.32 Å². The third-order valence-corrected chi connectivity index (χ3v) is 5.16. The molecule has 1 fully saturated rings. The fraction of sp³-hybridized carbons (Fsp3) is 0.900. The van der Waals surface area contributed by atoms with Crippen molar-refractivity contribution in [2.75, 3.05) is 12.3 Å². The molecular formula is C10H19NO3S. The van der Waals surface area contributed by atoms with Crippen LogP contribution in [0.25, 0.3) is 0 Å². The molecule has 0 spiro atoms. The van der Waals surface area contributed by atoms with E-state index in [1.54, 1.807) is 20.8 Å². The number of carbonyl (C=O) groups is 1. The van der Waals surface area contributed by atoms with E-state index in [1.165, 1.54) is 0 Å². The van der Waals surface area contributed by atoms with E-state index in [0.717, 1.165) is 12.8 Å². The van der Waals surface area contributed by atoms with Crippen LogP contribution in [0, 0.1) is 5.92 Å². The van der Waals surface area contributed by atoms with Crippen LogP contribution in [0.1, 0.15) is 33.6 Å². The molecule has 1 amide bonds. The first kappa shape index (κ1) is 12.5. The molecule has 4 nitrogen and oxygen atoms in total. The molecule has 0 aromatic rings. The molecule has 1 saturated carbocycles. The van der Waals surface area contributed by atoms with Crippen LogP contribution in [0.5, 0.6) is 0 Å². The Morgan fingerprint density at radius 2 is 1.87 bits per heavy atom. The summed E-state index contributed by atoms with van der Waals surface area (Å²) in [5.74, 6) is 0.163. The summed E-state index contributed by atoms with van der Waals surface area (Å²) in [5, 5.41) is 2.65. The minimum Gasteiger partial charge on any atom is -0.355 e.